The van der Waals surface area contributed by atoms with Crippen molar-refractivity contribution in [2.75, 3.05) is 10.6 Å². The van der Waals surface area contributed by atoms with Crippen LogP contribution in [0.1, 0.15) is 37.7 Å². The Balaban J connectivity index is 1.54. The maximum absolute atomic E-state index is 13.7. The van der Waals surface area contributed by atoms with Crippen LogP contribution in [0, 0.1) is 19.7 Å². The first-order valence-corrected chi connectivity index (χ1v) is 10.6. The van der Waals surface area contributed by atoms with E-state index in [0.29, 0.717) is 11.9 Å². The van der Waals surface area contributed by atoms with Crippen LogP contribution in [0.2, 0.25) is 0 Å². The molecule has 0 aliphatic rings. The summed E-state index contributed by atoms with van der Waals surface area (Å²) in [5.74, 6) is -1.61. The molecule has 0 unspecified atom stereocenters. The molecule has 2 aromatic heterocycles. The van der Waals surface area contributed by atoms with E-state index in [1.54, 1.807) is 4.68 Å². The Morgan fingerprint density at radius 1 is 0.861 bits per heavy atom. The zero-order chi connectivity index (χ0) is 26.0. The molecule has 0 radical (unpaired) electrons. The number of rotatable bonds is 5. The van der Waals surface area contributed by atoms with Gasteiger partial charge in [-0.05, 0) is 74.5 Å². The van der Waals surface area contributed by atoms with E-state index in [1.807, 2.05) is 19.9 Å². The van der Waals surface area contributed by atoms with Crippen molar-refractivity contribution in [2.24, 2.45) is 0 Å². The number of nitrogens with one attached hydrogen (secondary N) is 2. The van der Waals surface area contributed by atoms with E-state index >= 15 is 0 Å². The third-order valence-electron chi connectivity index (χ3n) is 5.17. The summed E-state index contributed by atoms with van der Waals surface area (Å²) in [6, 6.07) is 12.3. The number of amides is 2. The fraction of sp³-hybridized carbons (Fsp3) is 0.120. The highest BCUT2D eigenvalue weighted by molar-refractivity contribution is 6.06. The second-order valence-electron chi connectivity index (χ2n) is 7.92. The number of pyridine rings is 1. The topological polar surface area (TPSA) is 88.9 Å². The predicted molar refractivity (Wildman–Crippen MR) is 125 cm³/mol. The molecular formula is C25H19F4N5O2. The number of alkyl halides is 3. The highest BCUT2D eigenvalue weighted by atomic mass is 19.4. The molecule has 0 fully saturated rings. The van der Waals surface area contributed by atoms with Crippen LogP contribution in [0.4, 0.5) is 28.9 Å². The number of benzene rings is 2. The fourth-order valence-electron chi connectivity index (χ4n) is 3.47. The number of hydrogen-bond acceptors (Lipinski definition) is 4. The second-order valence-corrected chi connectivity index (χ2v) is 7.92. The van der Waals surface area contributed by atoms with Gasteiger partial charge in [-0.1, -0.05) is 0 Å². The van der Waals surface area contributed by atoms with Crippen molar-refractivity contribution in [3.8, 4) is 5.82 Å². The molecule has 0 bridgehead atoms. The Labute approximate surface area is 202 Å². The molecular weight excluding hydrogens is 478 g/mol. The van der Waals surface area contributed by atoms with Crippen molar-refractivity contribution in [3.63, 3.8) is 0 Å². The average Bonchev–Trinajstić information content (AvgIpc) is 3.17. The highest BCUT2D eigenvalue weighted by Gasteiger charge is 2.34. The van der Waals surface area contributed by atoms with E-state index in [4.69, 9.17) is 0 Å². The second kappa shape index (κ2) is 9.61. The fourth-order valence-corrected chi connectivity index (χ4v) is 3.47. The molecule has 4 rings (SSSR count). The third-order valence-corrected chi connectivity index (χ3v) is 5.17. The van der Waals surface area contributed by atoms with Crippen molar-refractivity contribution in [1.29, 1.82) is 0 Å². The maximum Gasteiger partial charge on any atom is 0.418 e. The standard InChI is InChI=1S/C25H19F4N5O2/c1-14-11-15(2)34(33-14)22-10-5-17(13-30-22)24(36)32-21-9-8-19(12-20(21)25(27,28)29)31-23(35)16-3-6-18(26)7-4-16/h3-13H,1-2H3,(H,31,35)(H,32,36). The van der Waals surface area contributed by atoms with Crippen LogP contribution in [0.25, 0.3) is 5.82 Å². The van der Waals surface area contributed by atoms with Gasteiger partial charge in [0.1, 0.15) is 5.82 Å². The minimum atomic E-state index is -4.82. The molecule has 0 saturated carbocycles. The quantitative estimate of drug-likeness (QED) is 0.354. The van der Waals surface area contributed by atoms with Gasteiger partial charge < -0.3 is 10.6 Å². The van der Waals surface area contributed by atoms with Crippen molar-refractivity contribution in [3.05, 3.63) is 101 Å². The summed E-state index contributed by atoms with van der Waals surface area (Å²) in [4.78, 5) is 29.1. The average molecular weight is 497 g/mol. The van der Waals surface area contributed by atoms with Crippen LogP contribution in [-0.4, -0.2) is 26.6 Å². The first-order chi connectivity index (χ1) is 17.0. The van der Waals surface area contributed by atoms with E-state index in [0.717, 1.165) is 29.6 Å². The summed E-state index contributed by atoms with van der Waals surface area (Å²) in [6.45, 7) is 3.66. The zero-order valence-electron chi connectivity index (χ0n) is 19.0. The van der Waals surface area contributed by atoms with Crippen LogP contribution in [0.15, 0.2) is 66.9 Å². The van der Waals surface area contributed by atoms with Gasteiger partial charge >= 0.3 is 6.18 Å². The highest BCUT2D eigenvalue weighted by Crippen LogP contribution is 2.37. The summed E-state index contributed by atoms with van der Waals surface area (Å²) in [5.41, 5.74) is -0.0620. The van der Waals surface area contributed by atoms with Crippen LogP contribution >= 0.6 is 0 Å². The van der Waals surface area contributed by atoms with Crippen molar-refractivity contribution in [1.82, 2.24) is 14.8 Å². The van der Waals surface area contributed by atoms with Crippen LogP contribution in [0.3, 0.4) is 0 Å². The Bertz CT molecular complexity index is 1430. The van der Waals surface area contributed by atoms with E-state index < -0.39 is 35.1 Å². The monoisotopic (exact) mass is 497 g/mol. The normalized spacial score (nSPS) is 11.3. The maximum atomic E-state index is 13.7. The Hall–Kier alpha value is -4.54. The molecule has 0 aliphatic heterocycles. The lowest BCUT2D eigenvalue weighted by Crippen LogP contribution is -2.18. The van der Waals surface area contributed by atoms with E-state index in [2.05, 4.69) is 20.7 Å². The lowest BCUT2D eigenvalue weighted by atomic mass is 10.1. The number of anilines is 2. The van der Waals surface area contributed by atoms with Gasteiger partial charge in [0.15, 0.2) is 5.82 Å². The van der Waals surface area contributed by atoms with Gasteiger partial charge in [0.05, 0.1) is 22.5 Å². The Kier molecular flexibility index (Phi) is 6.56. The molecule has 0 atom stereocenters. The van der Waals surface area contributed by atoms with E-state index in [1.165, 1.54) is 36.5 Å². The lowest BCUT2D eigenvalue weighted by Gasteiger charge is -2.16. The first-order valence-electron chi connectivity index (χ1n) is 10.6. The largest absolute Gasteiger partial charge is 0.418 e. The summed E-state index contributed by atoms with van der Waals surface area (Å²) >= 11 is 0. The number of hydrogen-bond donors (Lipinski definition) is 2. The van der Waals surface area contributed by atoms with Crippen LogP contribution < -0.4 is 10.6 Å². The molecule has 0 spiro atoms. The molecule has 11 heteroatoms. The van der Waals surface area contributed by atoms with Gasteiger partial charge in [-0.15, -0.1) is 0 Å². The number of nitrogens with zero attached hydrogens (tertiary/aromatic N) is 3. The minimum Gasteiger partial charge on any atom is -0.322 e. The number of carbonyl (C=O) groups excluding carboxylic acids is 2. The predicted octanol–water partition coefficient (Wildman–Crippen LogP) is 5.55. The molecule has 36 heavy (non-hydrogen) atoms. The van der Waals surface area contributed by atoms with E-state index in [-0.39, 0.29) is 16.8 Å². The molecule has 2 aromatic carbocycles. The first kappa shape index (κ1) is 24.6. The summed E-state index contributed by atoms with van der Waals surface area (Å²) in [5, 5.41) is 8.88. The summed E-state index contributed by atoms with van der Waals surface area (Å²) in [7, 11) is 0. The zero-order valence-corrected chi connectivity index (χ0v) is 19.0. The number of aryl methyl sites for hydroxylation is 2. The van der Waals surface area contributed by atoms with Gasteiger partial charge in [-0.3, -0.25) is 9.59 Å². The van der Waals surface area contributed by atoms with Crippen molar-refractivity contribution in [2.45, 2.75) is 20.0 Å². The van der Waals surface area contributed by atoms with Crippen molar-refractivity contribution >= 4 is 23.2 Å². The summed E-state index contributed by atoms with van der Waals surface area (Å²) < 4.78 is 55.8. The number of halogens is 4. The molecule has 4 aromatic rings. The molecule has 2 heterocycles. The smallest absolute Gasteiger partial charge is 0.322 e. The van der Waals surface area contributed by atoms with Gasteiger partial charge in [-0.2, -0.15) is 18.3 Å². The van der Waals surface area contributed by atoms with Gasteiger partial charge in [-0.25, -0.2) is 14.1 Å². The van der Waals surface area contributed by atoms with Crippen LogP contribution in [-0.2, 0) is 6.18 Å². The lowest BCUT2D eigenvalue weighted by molar-refractivity contribution is -0.136. The van der Waals surface area contributed by atoms with Gasteiger partial charge in [0, 0.05) is 23.1 Å². The SMILES string of the molecule is Cc1cc(C)n(-c2ccc(C(=O)Nc3ccc(NC(=O)c4ccc(F)cc4)cc3C(F)(F)F)cn2)n1. The molecule has 0 aliphatic carbocycles. The Morgan fingerprint density at radius 3 is 2.11 bits per heavy atom. The van der Waals surface area contributed by atoms with E-state index in [9.17, 15) is 27.2 Å². The van der Waals surface area contributed by atoms with Crippen LogP contribution in [0.5, 0.6) is 0 Å². The number of aromatic nitrogens is 3. The third kappa shape index (κ3) is 5.40. The van der Waals surface area contributed by atoms with Gasteiger partial charge in [0.2, 0.25) is 0 Å². The number of carbonyl (C=O) groups is 2. The molecule has 7 nitrogen and oxygen atoms in total. The molecule has 2 amide bonds. The van der Waals surface area contributed by atoms with Gasteiger partial charge in [0.25, 0.3) is 11.8 Å². The minimum absolute atomic E-state index is 0.0436. The molecule has 0 saturated heterocycles. The molecule has 184 valence electrons. The van der Waals surface area contributed by atoms with Crippen molar-refractivity contribution < 1.29 is 27.2 Å². The Morgan fingerprint density at radius 2 is 1.53 bits per heavy atom. The molecule has 2 N–H and O–H groups in total. The summed E-state index contributed by atoms with van der Waals surface area (Å²) in [6.07, 6.45) is -3.58.